The first kappa shape index (κ1) is 22.0. The van der Waals surface area contributed by atoms with E-state index >= 15 is 0 Å². The molecular weight excluding hydrogens is 462 g/mol. The molecule has 34 heavy (non-hydrogen) atoms. The summed E-state index contributed by atoms with van der Waals surface area (Å²) in [6.07, 6.45) is 0. The van der Waals surface area contributed by atoms with Gasteiger partial charge in [-0.05, 0) is 25.1 Å². The molecule has 0 radical (unpaired) electrons. The number of hydrogen-bond donors (Lipinski definition) is 0. The minimum atomic E-state index is -0.855. The number of hydrogen-bond acceptors (Lipinski definition) is 5. The first-order valence-electron chi connectivity index (χ1n) is 10.5. The van der Waals surface area contributed by atoms with Crippen molar-refractivity contribution in [1.29, 1.82) is 0 Å². The number of halogens is 2. The van der Waals surface area contributed by atoms with E-state index in [2.05, 4.69) is 4.99 Å². The fraction of sp³-hybridized carbons (Fsp3) is 0.160. The van der Waals surface area contributed by atoms with Gasteiger partial charge in [0.05, 0.1) is 22.7 Å². The SMILES string of the molecule is CCOC(=O)Cn1c(=NC(=O)C2c3ccccc3Oc3ccccc32)sc2cc(F)cc(F)c21. The van der Waals surface area contributed by atoms with Crippen molar-refractivity contribution in [2.75, 3.05) is 6.61 Å². The molecule has 0 aliphatic carbocycles. The summed E-state index contributed by atoms with van der Waals surface area (Å²) in [7, 11) is 0. The Hall–Kier alpha value is -3.85. The summed E-state index contributed by atoms with van der Waals surface area (Å²) in [4.78, 5) is 30.2. The Balaban J connectivity index is 1.68. The second-order valence-electron chi connectivity index (χ2n) is 7.57. The molecular formula is C25H18F2N2O4S. The van der Waals surface area contributed by atoms with Gasteiger partial charge in [0.1, 0.15) is 23.9 Å². The maximum atomic E-state index is 14.7. The van der Waals surface area contributed by atoms with Crippen LogP contribution in [0.1, 0.15) is 24.0 Å². The fourth-order valence-corrected chi connectivity index (χ4v) is 5.11. The quantitative estimate of drug-likeness (QED) is 0.389. The molecule has 1 aliphatic rings. The van der Waals surface area contributed by atoms with Crippen molar-refractivity contribution in [2.24, 2.45) is 4.99 Å². The predicted molar refractivity (Wildman–Crippen MR) is 122 cm³/mol. The van der Waals surface area contributed by atoms with Crippen LogP contribution in [0.15, 0.2) is 65.7 Å². The van der Waals surface area contributed by atoms with E-state index in [9.17, 15) is 18.4 Å². The van der Waals surface area contributed by atoms with E-state index in [4.69, 9.17) is 9.47 Å². The zero-order valence-corrected chi connectivity index (χ0v) is 18.8. The van der Waals surface area contributed by atoms with Crippen LogP contribution in [-0.4, -0.2) is 23.1 Å². The number of nitrogens with zero attached hydrogens (tertiary/aromatic N) is 2. The van der Waals surface area contributed by atoms with Gasteiger partial charge in [0.15, 0.2) is 10.6 Å². The van der Waals surface area contributed by atoms with Crippen molar-refractivity contribution in [2.45, 2.75) is 19.4 Å². The van der Waals surface area contributed by atoms with Gasteiger partial charge in [-0.2, -0.15) is 4.99 Å². The molecule has 5 rings (SSSR count). The minimum absolute atomic E-state index is 0.0150. The van der Waals surface area contributed by atoms with Crippen LogP contribution in [0.25, 0.3) is 10.2 Å². The molecule has 0 bridgehead atoms. The largest absolute Gasteiger partial charge is 0.465 e. The maximum Gasteiger partial charge on any atom is 0.326 e. The second kappa shape index (κ2) is 8.83. The van der Waals surface area contributed by atoms with Crippen molar-refractivity contribution < 1.29 is 27.8 Å². The van der Waals surface area contributed by atoms with Crippen molar-refractivity contribution in [3.8, 4) is 11.5 Å². The van der Waals surface area contributed by atoms with Crippen LogP contribution in [-0.2, 0) is 20.9 Å². The van der Waals surface area contributed by atoms with Gasteiger partial charge in [0.25, 0.3) is 5.91 Å². The molecule has 6 nitrogen and oxygen atoms in total. The monoisotopic (exact) mass is 480 g/mol. The number of amides is 1. The molecule has 1 amide bonds. The van der Waals surface area contributed by atoms with Gasteiger partial charge in [-0.25, -0.2) is 8.78 Å². The highest BCUT2D eigenvalue weighted by molar-refractivity contribution is 7.16. The number of ether oxygens (including phenoxy) is 2. The third-order valence-corrected chi connectivity index (χ3v) is 6.45. The molecule has 0 saturated heterocycles. The van der Waals surface area contributed by atoms with Crippen LogP contribution in [0.4, 0.5) is 8.78 Å². The number of rotatable bonds is 4. The molecule has 0 fully saturated rings. The Kier molecular flexibility index (Phi) is 5.70. The molecule has 0 N–H and O–H groups in total. The van der Waals surface area contributed by atoms with E-state index < -0.39 is 29.4 Å². The third-order valence-electron chi connectivity index (χ3n) is 5.42. The predicted octanol–water partition coefficient (Wildman–Crippen LogP) is 4.91. The standard InChI is InChI=1S/C25H18F2N2O4S/c1-2-32-21(30)13-29-23-17(27)11-14(26)12-20(23)34-25(29)28-24(31)22-15-7-3-5-9-18(15)33-19-10-6-4-8-16(19)22/h3-12,22H,2,13H2,1H3. The van der Waals surface area contributed by atoms with Gasteiger partial charge >= 0.3 is 5.97 Å². The van der Waals surface area contributed by atoms with Crippen LogP contribution in [0.2, 0.25) is 0 Å². The van der Waals surface area contributed by atoms with Gasteiger partial charge < -0.3 is 14.0 Å². The van der Waals surface area contributed by atoms with E-state index in [1.807, 2.05) is 12.1 Å². The highest BCUT2D eigenvalue weighted by Gasteiger charge is 2.32. The van der Waals surface area contributed by atoms with E-state index in [0.717, 1.165) is 23.5 Å². The minimum Gasteiger partial charge on any atom is -0.465 e. The summed E-state index contributed by atoms with van der Waals surface area (Å²) in [5.74, 6) is -2.44. The number of benzene rings is 3. The highest BCUT2D eigenvalue weighted by Crippen LogP contribution is 2.44. The van der Waals surface area contributed by atoms with Crippen LogP contribution in [0, 0.1) is 11.6 Å². The first-order chi connectivity index (χ1) is 16.5. The number of para-hydroxylation sites is 2. The summed E-state index contributed by atoms with van der Waals surface area (Å²) in [6.45, 7) is 1.42. The number of thiazole rings is 1. The van der Waals surface area contributed by atoms with Crippen LogP contribution in [0.5, 0.6) is 11.5 Å². The molecule has 1 aromatic heterocycles. The Labute approximate surface area is 196 Å². The molecule has 0 unspecified atom stereocenters. The molecule has 9 heteroatoms. The molecule has 0 spiro atoms. The average Bonchev–Trinajstić information content (AvgIpc) is 3.13. The number of esters is 1. The first-order valence-corrected chi connectivity index (χ1v) is 11.4. The van der Waals surface area contributed by atoms with Crippen LogP contribution in [0.3, 0.4) is 0 Å². The molecule has 4 aromatic rings. The Morgan fingerprint density at radius 1 is 1.06 bits per heavy atom. The zero-order valence-electron chi connectivity index (χ0n) is 18.0. The van der Waals surface area contributed by atoms with Gasteiger partial charge in [-0.15, -0.1) is 0 Å². The topological polar surface area (TPSA) is 69.9 Å². The maximum absolute atomic E-state index is 14.7. The van der Waals surface area contributed by atoms with E-state index in [1.54, 1.807) is 43.3 Å². The van der Waals surface area contributed by atoms with Gasteiger partial charge in [-0.3, -0.25) is 9.59 Å². The van der Waals surface area contributed by atoms with Crippen LogP contribution < -0.4 is 9.54 Å². The smallest absolute Gasteiger partial charge is 0.326 e. The van der Waals surface area contributed by atoms with Gasteiger partial charge in [-0.1, -0.05) is 47.7 Å². The lowest BCUT2D eigenvalue weighted by atomic mass is 9.87. The molecule has 172 valence electrons. The normalized spacial score (nSPS) is 13.3. The van der Waals surface area contributed by atoms with Crippen molar-refractivity contribution in [3.05, 3.63) is 88.2 Å². The number of carbonyl (C=O) groups is 2. The van der Waals surface area contributed by atoms with Crippen molar-refractivity contribution in [1.82, 2.24) is 4.57 Å². The van der Waals surface area contributed by atoms with Gasteiger partial charge in [0.2, 0.25) is 0 Å². The van der Waals surface area contributed by atoms with Crippen LogP contribution >= 0.6 is 11.3 Å². The number of carbonyl (C=O) groups excluding carboxylic acids is 2. The third kappa shape index (κ3) is 3.88. The molecule has 0 atom stereocenters. The zero-order chi connectivity index (χ0) is 23.8. The van der Waals surface area contributed by atoms with Gasteiger partial charge in [0, 0.05) is 17.2 Å². The van der Waals surface area contributed by atoms with E-state index in [0.29, 0.717) is 22.6 Å². The summed E-state index contributed by atoms with van der Waals surface area (Å²) in [5, 5.41) is 0. The molecule has 2 heterocycles. The molecule has 1 aliphatic heterocycles. The summed E-state index contributed by atoms with van der Waals surface area (Å²) < 4.78 is 41.0. The number of aromatic nitrogens is 1. The van der Waals surface area contributed by atoms with E-state index in [1.165, 1.54) is 4.57 Å². The van der Waals surface area contributed by atoms with Crippen molar-refractivity contribution >= 4 is 33.4 Å². The summed E-state index contributed by atoms with van der Waals surface area (Å²) in [5.41, 5.74) is 1.27. The average molecular weight is 480 g/mol. The lowest BCUT2D eigenvalue weighted by Gasteiger charge is -2.25. The second-order valence-corrected chi connectivity index (χ2v) is 8.58. The lowest BCUT2D eigenvalue weighted by molar-refractivity contribution is -0.143. The Bertz CT molecular complexity index is 1460. The van der Waals surface area contributed by atoms with E-state index in [-0.39, 0.29) is 28.2 Å². The molecule has 0 saturated carbocycles. The highest BCUT2D eigenvalue weighted by atomic mass is 32.1. The fourth-order valence-electron chi connectivity index (χ4n) is 4.03. The number of fused-ring (bicyclic) bond motifs is 3. The van der Waals surface area contributed by atoms with Crippen molar-refractivity contribution in [3.63, 3.8) is 0 Å². The Morgan fingerprint density at radius 3 is 2.35 bits per heavy atom. The summed E-state index contributed by atoms with van der Waals surface area (Å²) >= 11 is 0.924. The molecule has 3 aromatic carbocycles. The lowest BCUT2D eigenvalue weighted by Crippen LogP contribution is -2.25. The summed E-state index contributed by atoms with van der Waals surface area (Å²) in [6, 6.07) is 16.2. The Morgan fingerprint density at radius 2 is 1.71 bits per heavy atom.